The van der Waals surface area contributed by atoms with Gasteiger partial charge in [-0.05, 0) is 19.9 Å². The van der Waals surface area contributed by atoms with Crippen LogP contribution in [-0.2, 0) is 14.6 Å². The molecule has 1 fully saturated rings. The van der Waals surface area contributed by atoms with Gasteiger partial charge in [0, 0.05) is 19.3 Å². The maximum atomic E-state index is 11.5. The third kappa shape index (κ3) is 3.43. The molecular formula is C9H18N2O4S. The second-order valence-electron chi connectivity index (χ2n) is 4.34. The number of β-amino-alcohol motifs (C(OH)–C–C–N with tert-alkyl or cyclic N) is 1. The van der Waals surface area contributed by atoms with Crippen molar-refractivity contribution in [3.8, 4) is 0 Å². The Labute approximate surface area is 95.3 Å². The standard InChI is InChI=1S/C9H18N2O4S/c1-7(16(2,14)15)8(12)11-6-9(13)3-4-10-5-9/h7,10,13H,3-6H2,1-2H3,(H,11,12). The van der Waals surface area contributed by atoms with Crippen LogP contribution in [0.5, 0.6) is 0 Å². The first-order valence-corrected chi connectivity index (χ1v) is 7.10. The highest BCUT2D eigenvalue weighted by molar-refractivity contribution is 7.92. The Balaban J connectivity index is 2.47. The summed E-state index contributed by atoms with van der Waals surface area (Å²) in [6.45, 7) is 2.54. The highest BCUT2D eigenvalue weighted by Crippen LogP contribution is 2.12. The number of hydrogen-bond donors (Lipinski definition) is 3. The minimum Gasteiger partial charge on any atom is -0.387 e. The summed E-state index contributed by atoms with van der Waals surface area (Å²) >= 11 is 0. The first-order valence-electron chi connectivity index (χ1n) is 5.14. The Morgan fingerprint density at radius 2 is 2.25 bits per heavy atom. The summed E-state index contributed by atoms with van der Waals surface area (Å²) in [5, 5.41) is 14.3. The van der Waals surface area contributed by atoms with Crippen LogP contribution >= 0.6 is 0 Å². The molecular weight excluding hydrogens is 232 g/mol. The summed E-state index contributed by atoms with van der Waals surface area (Å²) in [5.41, 5.74) is -0.952. The number of carbonyl (C=O) groups is 1. The molecule has 0 aromatic carbocycles. The Bertz CT molecular complexity index is 360. The molecule has 2 atom stereocenters. The number of aliphatic hydroxyl groups is 1. The largest absolute Gasteiger partial charge is 0.387 e. The highest BCUT2D eigenvalue weighted by atomic mass is 32.2. The lowest BCUT2D eigenvalue weighted by Gasteiger charge is -2.22. The van der Waals surface area contributed by atoms with Crippen molar-refractivity contribution in [2.75, 3.05) is 25.9 Å². The van der Waals surface area contributed by atoms with E-state index in [1.807, 2.05) is 0 Å². The van der Waals surface area contributed by atoms with Crippen molar-refractivity contribution in [1.29, 1.82) is 0 Å². The molecule has 7 heteroatoms. The van der Waals surface area contributed by atoms with Crippen molar-refractivity contribution in [3.63, 3.8) is 0 Å². The number of nitrogens with one attached hydrogen (secondary N) is 2. The Hall–Kier alpha value is -0.660. The first kappa shape index (κ1) is 13.4. The van der Waals surface area contributed by atoms with Gasteiger partial charge in [0.2, 0.25) is 5.91 Å². The Morgan fingerprint density at radius 1 is 1.62 bits per heavy atom. The smallest absolute Gasteiger partial charge is 0.238 e. The molecule has 1 rings (SSSR count). The number of carbonyl (C=O) groups excluding carboxylic acids is 1. The van der Waals surface area contributed by atoms with Gasteiger partial charge in [-0.2, -0.15) is 0 Å². The zero-order valence-corrected chi connectivity index (χ0v) is 10.3. The van der Waals surface area contributed by atoms with E-state index in [4.69, 9.17) is 0 Å². The van der Waals surface area contributed by atoms with Gasteiger partial charge in [0.05, 0.1) is 5.60 Å². The molecule has 1 saturated heterocycles. The molecule has 0 saturated carbocycles. The lowest BCUT2D eigenvalue weighted by atomic mass is 10.0. The van der Waals surface area contributed by atoms with Gasteiger partial charge in [0.1, 0.15) is 5.25 Å². The molecule has 3 N–H and O–H groups in total. The molecule has 2 unspecified atom stereocenters. The fourth-order valence-corrected chi connectivity index (χ4v) is 1.94. The van der Waals surface area contributed by atoms with Crippen LogP contribution in [0.3, 0.4) is 0 Å². The van der Waals surface area contributed by atoms with E-state index >= 15 is 0 Å². The number of sulfone groups is 1. The van der Waals surface area contributed by atoms with Crippen LogP contribution in [0, 0.1) is 0 Å². The average molecular weight is 250 g/mol. The van der Waals surface area contributed by atoms with Crippen molar-refractivity contribution in [2.45, 2.75) is 24.2 Å². The fourth-order valence-electron chi connectivity index (χ4n) is 1.47. The lowest BCUT2D eigenvalue weighted by Crippen LogP contribution is -2.47. The van der Waals surface area contributed by atoms with E-state index in [1.54, 1.807) is 0 Å². The number of rotatable bonds is 4. The maximum absolute atomic E-state index is 11.5. The maximum Gasteiger partial charge on any atom is 0.238 e. The van der Waals surface area contributed by atoms with Gasteiger partial charge in [-0.1, -0.05) is 0 Å². The van der Waals surface area contributed by atoms with Crippen LogP contribution in [-0.4, -0.2) is 56.2 Å². The molecule has 1 heterocycles. The van der Waals surface area contributed by atoms with Crippen molar-refractivity contribution in [1.82, 2.24) is 10.6 Å². The van der Waals surface area contributed by atoms with E-state index in [0.29, 0.717) is 19.5 Å². The summed E-state index contributed by atoms with van der Waals surface area (Å²) in [6, 6.07) is 0. The van der Waals surface area contributed by atoms with Gasteiger partial charge in [-0.3, -0.25) is 4.79 Å². The molecule has 94 valence electrons. The first-order chi connectivity index (χ1) is 7.25. The van der Waals surface area contributed by atoms with E-state index in [2.05, 4.69) is 10.6 Å². The summed E-state index contributed by atoms with van der Waals surface area (Å²) in [5.74, 6) is -0.567. The van der Waals surface area contributed by atoms with Crippen LogP contribution in [0.2, 0.25) is 0 Å². The molecule has 16 heavy (non-hydrogen) atoms. The molecule has 0 radical (unpaired) electrons. The lowest BCUT2D eigenvalue weighted by molar-refractivity contribution is -0.121. The normalized spacial score (nSPS) is 27.7. The van der Waals surface area contributed by atoms with Crippen LogP contribution in [0.15, 0.2) is 0 Å². The van der Waals surface area contributed by atoms with E-state index in [-0.39, 0.29) is 6.54 Å². The second-order valence-corrected chi connectivity index (χ2v) is 6.71. The van der Waals surface area contributed by atoms with Crippen molar-refractivity contribution in [2.24, 2.45) is 0 Å². The fraction of sp³-hybridized carbons (Fsp3) is 0.889. The molecule has 1 amide bonds. The summed E-state index contributed by atoms with van der Waals surface area (Å²) in [7, 11) is -3.38. The van der Waals surface area contributed by atoms with Gasteiger partial charge < -0.3 is 15.7 Å². The molecule has 6 nitrogen and oxygen atoms in total. The molecule has 0 aromatic heterocycles. The third-order valence-corrected chi connectivity index (χ3v) is 4.32. The minimum absolute atomic E-state index is 0.0820. The van der Waals surface area contributed by atoms with E-state index in [9.17, 15) is 18.3 Å². The van der Waals surface area contributed by atoms with Crippen molar-refractivity contribution < 1.29 is 18.3 Å². The quantitative estimate of drug-likeness (QED) is 0.550. The van der Waals surface area contributed by atoms with Gasteiger partial charge in [-0.15, -0.1) is 0 Å². The topological polar surface area (TPSA) is 95.5 Å². The summed E-state index contributed by atoms with van der Waals surface area (Å²) < 4.78 is 22.2. The zero-order chi connectivity index (χ0) is 12.4. The predicted molar refractivity (Wildman–Crippen MR) is 59.8 cm³/mol. The molecule has 1 aliphatic heterocycles. The van der Waals surface area contributed by atoms with Crippen LogP contribution in [0.4, 0.5) is 0 Å². The van der Waals surface area contributed by atoms with E-state index < -0.39 is 26.6 Å². The average Bonchev–Trinajstić information content (AvgIpc) is 2.60. The zero-order valence-electron chi connectivity index (χ0n) is 9.49. The van der Waals surface area contributed by atoms with Gasteiger partial charge in [-0.25, -0.2) is 8.42 Å². The molecule has 0 aliphatic carbocycles. The SMILES string of the molecule is CC(C(=O)NCC1(O)CCNC1)S(C)(=O)=O. The summed E-state index contributed by atoms with van der Waals surface area (Å²) in [6.07, 6.45) is 1.57. The van der Waals surface area contributed by atoms with Crippen LogP contribution in [0.25, 0.3) is 0 Å². The number of amides is 1. The molecule has 0 bridgehead atoms. The minimum atomic E-state index is -3.38. The third-order valence-electron chi connectivity index (χ3n) is 2.82. The van der Waals surface area contributed by atoms with Gasteiger partial charge >= 0.3 is 0 Å². The van der Waals surface area contributed by atoms with E-state index in [1.165, 1.54) is 6.92 Å². The monoisotopic (exact) mass is 250 g/mol. The van der Waals surface area contributed by atoms with Gasteiger partial charge in [0.25, 0.3) is 0 Å². The molecule has 0 spiro atoms. The van der Waals surface area contributed by atoms with Gasteiger partial charge in [0.15, 0.2) is 9.84 Å². The van der Waals surface area contributed by atoms with Crippen LogP contribution < -0.4 is 10.6 Å². The van der Waals surface area contributed by atoms with Crippen molar-refractivity contribution in [3.05, 3.63) is 0 Å². The van der Waals surface area contributed by atoms with E-state index in [0.717, 1.165) is 6.26 Å². The summed E-state index contributed by atoms with van der Waals surface area (Å²) in [4.78, 5) is 11.5. The Morgan fingerprint density at radius 3 is 2.69 bits per heavy atom. The molecule has 0 aromatic rings. The predicted octanol–water partition coefficient (Wildman–Crippen LogP) is -1.74. The molecule has 1 aliphatic rings. The Kier molecular flexibility index (Phi) is 3.92. The second kappa shape index (κ2) is 4.68. The van der Waals surface area contributed by atoms with Crippen LogP contribution in [0.1, 0.15) is 13.3 Å². The number of hydrogen-bond acceptors (Lipinski definition) is 5. The van der Waals surface area contributed by atoms with Crippen molar-refractivity contribution >= 4 is 15.7 Å². The highest BCUT2D eigenvalue weighted by Gasteiger charge is 2.32.